The van der Waals surface area contributed by atoms with Gasteiger partial charge in [0.25, 0.3) is 0 Å². The number of rotatable bonds is 6. The lowest BCUT2D eigenvalue weighted by atomic mass is 9.54. The minimum atomic E-state index is -0.320. The Bertz CT molecular complexity index is 740. The summed E-state index contributed by atoms with van der Waals surface area (Å²) in [6.45, 7) is 2.45. The fraction of sp³-hybridized carbons (Fsp3) is 0.625. The molecule has 0 saturated heterocycles. The second-order valence-electron chi connectivity index (χ2n) is 9.28. The van der Waals surface area contributed by atoms with E-state index < -0.39 is 0 Å². The van der Waals surface area contributed by atoms with Crippen LogP contribution >= 0.6 is 0 Å². The second kappa shape index (κ2) is 7.43. The Morgan fingerprint density at radius 3 is 3.00 bits per heavy atom. The molecule has 0 unspecified atom stereocenters. The van der Waals surface area contributed by atoms with Crippen LogP contribution in [0.15, 0.2) is 30.4 Å². The lowest BCUT2D eigenvalue weighted by Crippen LogP contribution is -2.41. The lowest BCUT2D eigenvalue weighted by Gasteiger charge is -2.50. The monoisotopic (exact) mass is 367 g/mol. The van der Waals surface area contributed by atoms with Crippen molar-refractivity contribution < 1.29 is 9.90 Å². The molecule has 1 aromatic carbocycles. The minimum Gasteiger partial charge on any atom is -0.396 e. The van der Waals surface area contributed by atoms with Crippen LogP contribution < -0.4 is 5.73 Å². The van der Waals surface area contributed by atoms with Crippen molar-refractivity contribution in [3.8, 4) is 0 Å². The molecule has 0 aliphatic heterocycles. The van der Waals surface area contributed by atoms with Gasteiger partial charge in [-0.1, -0.05) is 31.6 Å². The smallest absolute Gasteiger partial charge is 0.248 e. The Labute approximate surface area is 163 Å². The normalized spacial score (nSPS) is 32.4. The molecule has 27 heavy (non-hydrogen) atoms. The molecule has 0 radical (unpaired) electrons. The predicted octanol–water partition coefficient (Wildman–Crippen LogP) is 4.59. The highest BCUT2D eigenvalue weighted by molar-refractivity contribution is 5.93. The molecule has 3 heteroatoms. The van der Waals surface area contributed by atoms with Gasteiger partial charge in [0.1, 0.15) is 0 Å². The van der Waals surface area contributed by atoms with Gasteiger partial charge in [0.15, 0.2) is 0 Å². The highest BCUT2D eigenvalue weighted by Gasteiger charge is 2.50. The van der Waals surface area contributed by atoms with Crippen molar-refractivity contribution in [3.63, 3.8) is 0 Å². The van der Waals surface area contributed by atoms with E-state index in [0.29, 0.717) is 29.4 Å². The maximum atomic E-state index is 11.5. The van der Waals surface area contributed by atoms with Gasteiger partial charge in [-0.05, 0) is 97.3 Å². The number of fused-ring (bicyclic) bond motifs is 5. The fourth-order valence-corrected chi connectivity index (χ4v) is 6.31. The van der Waals surface area contributed by atoms with Gasteiger partial charge in [-0.25, -0.2) is 0 Å². The molecule has 3 aliphatic rings. The first kappa shape index (κ1) is 18.7. The molecule has 5 atom stereocenters. The van der Waals surface area contributed by atoms with Gasteiger partial charge in [-0.2, -0.15) is 0 Å². The van der Waals surface area contributed by atoms with Crippen LogP contribution in [0.2, 0.25) is 0 Å². The number of aryl methyl sites for hydroxylation is 1. The zero-order chi connectivity index (χ0) is 19.0. The van der Waals surface area contributed by atoms with Crippen LogP contribution in [0.5, 0.6) is 0 Å². The molecule has 3 N–H and O–H groups in total. The summed E-state index contributed by atoms with van der Waals surface area (Å²) in [6, 6.07) is 6.15. The minimum absolute atomic E-state index is 0.307. The molecule has 0 bridgehead atoms. The zero-order valence-electron chi connectivity index (χ0n) is 16.5. The molecule has 1 fully saturated rings. The van der Waals surface area contributed by atoms with E-state index in [0.717, 1.165) is 24.7 Å². The number of aliphatic hydroxyl groups is 1. The summed E-state index contributed by atoms with van der Waals surface area (Å²) in [5.41, 5.74) is 9.35. The van der Waals surface area contributed by atoms with E-state index in [9.17, 15) is 9.90 Å². The molecule has 0 heterocycles. The largest absolute Gasteiger partial charge is 0.396 e. The average molecular weight is 368 g/mol. The Kier molecular flexibility index (Phi) is 5.15. The molecule has 3 nitrogen and oxygen atoms in total. The molecule has 1 aromatic rings. The molecular formula is C24H33NO2. The number of carbonyl (C=O) groups is 1. The van der Waals surface area contributed by atoms with Gasteiger partial charge in [-0.15, -0.1) is 0 Å². The van der Waals surface area contributed by atoms with Crippen LogP contribution in [-0.2, 0) is 6.42 Å². The van der Waals surface area contributed by atoms with Gasteiger partial charge >= 0.3 is 0 Å². The lowest BCUT2D eigenvalue weighted by molar-refractivity contribution is 0.0579. The molecule has 3 aliphatic carbocycles. The van der Waals surface area contributed by atoms with Gasteiger partial charge in [0, 0.05) is 12.2 Å². The highest BCUT2D eigenvalue weighted by Crippen LogP contribution is 2.60. The molecule has 1 amide bonds. The Balaban J connectivity index is 1.52. The van der Waals surface area contributed by atoms with Gasteiger partial charge < -0.3 is 10.8 Å². The first-order valence-corrected chi connectivity index (χ1v) is 10.8. The van der Waals surface area contributed by atoms with Crippen molar-refractivity contribution in [2.45, 2.75) is 64.2 Å². The van der Waals surface area contributed by atoms with E-state index in [2.05, 4.69) is 25.1 Å². The number of hydrogen-bond donors (Lipinski definition) is 2. The molecule has 0 spiro atoms. The number of amides is 1. The average Bonchev–Trinajstić information content (AvgIpc) is 3.11. The predicted molar refractivity (Wildman–Crippen MR) is 109 cm³/mol. The molecule has 146 valence electrons. The maximum absolute atomic E-state index is 11.5. The standard InChI is InChI=1S/C24H33NO2/c1-16(15-26)4-2-11-24-12-3-5-22(24)21-9-6-17-14-18(23(25)27)7-8-19(17)20(21)10-13-24/h3,7-8,12,14,16,20-22,26H,2,4-6,9-11,13,15H2,1H3,(H2,25,27)/t16-,20-,21-,22+,24+/m1/s1. The van der Waals surface area contributed by atoms with Gasteiger partial charge in [0.2, 0.25) is 5.91 Å². The van der Waals surface area contributed by atoms with Crippen LogP contribution in [0.4, 0.5) is 0 Å². The van der Waals surface area contributed by atoms with Crippen molar-refractivity contribution in [2.75, 3.05) is 6.61 Å². The number of nitrogens with two attached hydrogens (primary N) is 1. The van der Waals surface area contributed by atoms with Gasteiger partial charge in [-0.3, -0.25) is 4.79 Å². The highest BCUT2D eigenvalue weighted by atomic mass is 16.3. The maximum Gasteiger partial charge on any atom is 0.248 e. The second-order valence-corrected chi connectivity index (χ2v) is 9.28. The van der Waals surface area contributed by atoms with Crippen LogP contribution in [-0.4, -0.2) is 17.6 Å². The topological polar surface area (TPSA) is 63.3 Å². The third-order valence-electron chi connectivity index (χ3n) is 7.76. The Morgan fingerprint density at radius 2 is 2.22 bits per heavy atom. The van der Waals surface area contributed by atoms with Crippen molar-refractivity contribution in [1.82, 2.24) is 0 Å². The van der Waals surface area contributed by atoms with E-state index >= 15 is 0 Å². The van der Waals surface area contributed by atoms with Crippen LogP contribution in [0.1, 0.15) is 79.3 Å². The number of carbonyl (C=O) groups excluding carboxylic acids is 1. The summed E-state index contributed by atoms with van der Waals surface area (Å²) >= 11 is 0. The van der Waals surface area contributed by atoms with E-state index in [-0.39, 0.29) is 5.91 Å². The summed E-state index contributed by atoms with van der Waals surface area (Å²) in [4.78, 5) is 11.5. The quantitative estimate of drug-likeness (QED) is 0.723. The van der Waals surface area contributed by atoms with E-state index in [1.165, 1.54) is 49.7 Å². The van der Waals surface area contributed by atoms with Gasteiger partial charge in [0.05, 0.1) is 0 Å². The summed E-state index contributed by atoms with van der Waals surface area (Å²) in [7, 11) is 0. The summed E-state index contributed by atoms with van der Waals surface area (Å²) < 4.78 is 0. The molecule has 0 aromatic heterocycles. The van der Waals surface area contributed by atoms with Crippen molar-refractivity contribution >= 4 is 5.91 Å². The summed E-state index contributed by atoms with van der Waals surface area (Å²) in [5.74, 6) is 2.27. The summed E-state index contributed by atoms with van der Waals surface area (Å²) in [6.07, 6.45) is 14.7. The van der Waals surface area contributed by atoms with Crippen LogP contribution in [0.25, 0.3) is 0 Å². The molecular weight excluding hydrogens is 334 g/mol. The molecule has 1 saturated carbocycles. The van der Waals surface area contributed by atoms with E-state index in [1.54, 1.807) is 0 Å². The van der Waals surface area contributed by atoms with Crippen molar-refractivity contribution in [2.24, 2.45) is 28.9 Å². The fourth-order valence-electron chi connectivity index (χ4n) is 6.31. The third-order valence-corrected chi connectivity index (χ3v) is 7.76. The number of hydrogen-bond acceptors (Lipinski definition) is 2. The number of aliphatic hydroxyl groups excluding tert-OH is 1. The van der Waals surface area contributed by atoms with Crippen LogP contribution in [0, 0.1) is 23.2 Å². The Hall–Kier alpha value is -1.61. The SMILES string of the molecule is C[C@@H](CO)CCC[C@@]12C=CC[C@H]1[C@@H]1CCc3cc(C(N)=O)ccc3[C@H]1CC2. The number of primary amides is 1. The van der Waals surface area contributed by atoms with Crippen molar-refractivity contribution in [3.05, 3.63) is 47.0 Å². The first-order valence-electron chi connectivity index (χ1n) is 10.8. The molecule has 4 rings (SSSR count). The number of benzene rings is 1. The Morgan fingerprint density at radius 1 is 1.37 bits per heavy atom. The summed E-state index contributed by atoms with van der Waals surface area (Å²) in [5, 5.41) is 9.32. The first-order chi connectivity index (χ1) is 13.0. The van der Waals surface area contributed by atoms with E-state index in [1.807, 2.05) is 12.1 Å². The van der Waals surface area contributed by atoms with E-state index in [4.69, 9.17) is 5.73 Å². The van der Waals surface area contributed by atoms with Crippen LogP contribution in [0.3, 0.4) is 0 Å². The number of allylic oxidation sites excluding steroid dienone is 2. The third kappa shape index (κ3) is 3.35. The zero-order valence-corrected chi connectivity index (χ0v) is 16.5. The van der Waals surface area contributed by atoms with Crippen molar-refractivity contribution in [1.29, 1.82) is 0 Å².